The van der Waals surface area contributed by atoms with Gasteiger partial charge in [-0.1, -0.05) is 17.7 Å². The van der Waals surface area contributed by atoms with Crippen LogP contribution in [0.5, 0.6) is 0 Å². The lowest BCUT2D eigenvalue weighted by molar-refractivity contribution is 0.0600. The summed E-state index contributed by atoms with van der Waals surface area (Å²) in [5.74, 6) is -2.06. The number of rotatable bonds is 2. The SMILES string of the molecule is COC(=O)c1cc(F)cc(-c2ccc(Br)c(Cl)c2F)c1. The molecule has 0 heterocycles. The van der Waals surface area contributed by atoms with E-state index in [0.29, 0.717) is 4.47 Å². The molecule has 0 N–H and O–H groups in total. The first-order chi connectivity index (χ1) is 9.43. The van der Waals surface area contributed by atoms with E-state index < -0.39 is 17.6 Å². The Labute approximate surface area is 127 Å². The van der Waals surface area contributed by atoms with E-state index in [4.69, 9.17) is 11.6 Å². The van der Waals surface area contributed by atoms with Gasteiger partial charge in [0.2, 0.25) is 0 Å². The van der Waals surface area contributed by atoms with Crippen molar-refractivity contribution >= 4 is 33.5 Å². The number of carbonyl (C=O) groups excluding carboxylic acids is 1. The minimum atomic E-state index is -0.700. The number of ether oxygens (including phenoxy) is 1. The fourth-order valence-corrected chi connectivity index (χ4v) is 2.20. The van der Waals surface area contributed by atoms with Crippen molar-refractivity contribution in [3.05, 3.63) is 57.0 Å². The summed E-state index contributed by atoms with van der Waals surface area (Å²) in [4.78, 5) is 11.4. The van der Waals surface area contributed by atoms with Gasteiger partial charge in [-0.2, -0.15) is 0 Å². The summed E-state index contributed by atoms with van der Waals surface area (Å²) in [5, 5.41) is -0.105. The normalized spacial score (nSPS) is 10.4. The van der Waals surface area contributed by atoms with E-state index in [-0.39, 0.29) is 21.7 Å². The zero-order valence-corrected chi connectivity index (χ0v) is 12.6. The van der Waals surface area contributed by atoms with Crippen molar-refractivity contribution in [1.29, 1.82) is 0 Å². The van der Waals surface area contributed by atoms with Crippen LogP contribution in [-0.4, -0.2) is 13.1 Å². The third-order valence-corrected chi connectivity index (χ3v) is 3.92. The fourth-order valence-electron chi connectivity index (χ4n) is 1.73. The van der Waals surface area contributed by atoms with Crippen LogP contribution >= 0.6 is 27.5 Å². The van der Waals surface area contributed by atoms with Crippen molar-refractivity contribution in [3.8, 4) is 11.1 Å². The second-order valence-electron chi connectivity index (χ2n) is 3.94. The zero-order chi connectivity index (χ0) is 14.9. The lowest BCUT2D eigenvalue weighted by Crippen LogP contribution is -2.02. The van der Waals surface area contributed by atoms with E-state index in [1.54, 1.807) is 6.07 Å². The van der Waals surface area contributed by atoms with Crippen LogP contribution < -0.4 is 0 Å². The van der Waals surface area contributed by atoms with Crippen molar-refractivity contribution < 1.29 is 18.3 Å². The minimum Gasteiger partial charge on any atom is -0.465 e. The molecule has 0 saturated carbocycles. The maximum absolute atomic E-state index is 14.1. The highest BCUT2D eigenvalue weighted by Gasteiger charge is 2.15. The molecule has 104 valence electrons. The smallest absolute Gasteiger partial charge is 0.337 e. The quantitative estimate of drug-likeness (QED) is 0.565. The van der Waals surface area contributed by atoms with Crippen molar-refractivity contribution in [3.63, 3.8) is 0 Å². The van der Waals surface area contributed by atoms with Crippen LogP contribution in [0, 0.1) is 11.6 Å². The van der Waals surface area contributed by atoms with Crippen LogP contribution in [0.3, 0.4) is 0 Å². The third-order valence-electron chi connectivity index (χ3n) is 2.67. The van der Waals surface area contributed by atoms with Crippen molar-refractivity contribution in [2.24, 2.45) is 0 Å². The van der Waals surface area contributed by atoms with Crippen LogP contribution in [0.4, 0.5) is 8.78 Å². The highest BCUT2D eigenvalue weighted by molar-refractivity contribution is 9.10. The predicted molar refractivity (Wildman–Crippen MR) is 75.8 cm³/mol. The van der Waals surface area contributed by atoms with Gasteiger partial charge in [0.05, 0.1) is 17.7 Å². The highest BCUT2D eigenvalue weighted by Crippen LogP contribution is 2.33. The molecule has 0 bridgehead atoms. The second-order valence-corrected chi connectivity index (χ2v) is 5.18. The molecule has 0 fully saturated rings. The second kappa shape index (κ2) is 5.89. The van der Waals surface area contributed by atoms with Gasteiger partial charge in [0.15, 0.2) is 5.82 Å². The van der Waals surface area contributed by atoms with Gasteiger partial charge in [0.1, 0.15) is 5.82 Å². The molecule has 20 heavy (non-hydrogen) atoms. The Bertz CT molecular complexity index is 689. The van der Waals surface area contributed by atoms with E-state index in [9.17, 15) is 13.6 Å². The molecular formula is C14H8BrClF2O2. The van der Waals surface area contributed by atoms with Crippen LogP contribution in [0.15, 0.2) is 34.8 Å². The molecule has 2 nitrogen and oxygen atoms in total. The van der Waals surface area contributed by atoms with Gasteiger partial charge in [0.25, 0.3) is 0 Å². The molecule has 2 aromatic carbocycles. The van der Waals surface area contributed by atoms with Gasteiger partial charge < -0.3 is 4.74 Å². The Morgan fingerprint density at radius 3 is 2.60 bits per heavy atom. The molecule has 0 aliphatic rings. The van der Waals surface area contributed by atoms with Crippen molar-refractivity contribution in [2.45, 2.75) is 0 Å². The summed E-state index contributed by atoms with van der Waals surface area (Å²) in [6.07, 6.45) is 0. The fraction of sp³-hybridized carbons (Fsp3) is 0.0714. The Hall–Kier alpha value is -1.46. The molecule has 0 aliphatic heterocycles. The number of halogens is 4. The van der Waals surface area contributed by atoms with E-state index in [0.717, 1.165) is 12.1 Å². The van der Waals surface area contributed by atoms with Gasteiger partial charge >= 0.3 is 5.97 Å². The van der Waals surface area contributed by atoms with Crippen molar-refractivity contribution in [2.75, 3.05) is 7.11 Å². The maximum Gasteiger partial charge on any atom is 0.337 e. The number of carbonyl (C=O) groups is 1. The summed E-state index contributed by atoms with van der Waals surface area (Å²) >= 11 is 8.89. The van der Waals surface area contributed by atoms with E-state index in [1.807, 2.05) is 0 Å². The monoisotopic (exact) mass is 360 g/mol. The number of esters is 1. The maximum atomic E-state index is 14.1. The molecule has 0 amide bonds. The molecule has 2 aromatic rings. The summed E-state index contributed by atoms with van der Waals surface area (Å²) in [5.41, 5.74) is 0.307. The minimum absolute atomic E-state index is 0.000871. The molecule has 2 rings (SSSR count). The third kappa shape index (κ3) is 2.83. The molecule has 0 radical (unpaired) electrons. The molecule has 6 heteroatoms. The number of hydrogen-bond acceptors (Lipinski definition) is 2. The standard InChI is InChI=1S/C14H8BrClF2O2/c1-20-14(19)8-4-7(5-9(17)6-8)10-2-3-11(15)12(16)13(10)18/h2-6H,1H3. The molecule has 0 spiro atoms. The van der Waals surface area contributed by atoms with E-state index >= 15 is 0 Å². The lowest BCUT2D eigenvalue weighted by atomic mass is 10.0. The summed E-state index contributed by atoms with van der Waals surface area (Å²) in [6.45, 7) is 0. The van der Waals surface area contributed by atoms with Gasteiger partial charge in [-0.15, -0.1) is 0 Å². The van der Waals surface area contributed by atoms with Gasteiger partial charge in [-0.05, 0) is 45.8 Å². The molecular weight excluding hydrogens is 354 g/mol. The highest BCUT2D eigenvalue weighted by atomic mass is 79.9. The molecule has 0 atom stereocenters. The summed E-state index contributed by atoms with van der Waals surface area (Å²) < 4.78 is 32.6. The Kier molecular flexibility index (Phi) is 4.40. The first-order valence-corrected chi connectivity index (χ1v) is 6.64. The first-order valence-electron chi connectivity index (χ1n) is 5.47. The topological polar surface area (TPSA) is 26.3 Å². The van der Waals surface area contributed by atoms with Gasteiger partial charge in [-0.3, -0.25) is 0 Å². The molecule has 0 aromatic heterocycles. The van der Waals surface area contributed by atoms with Crippen LogP contribution in [0.25, 0.3) is 11.1 Å². The Morgan fingerprint density at radius 2 is 1.95 bits per heavy atom. The number of methoxy groups -OCH3 is 1. The molecule has 0 saturated heterocycles. The lowest BCUT2D eigenvalue weighted by Gasteiger charge is -2.08. The summed E-state index contributed by atoms with van der Waals surface area (Å²) in [7, 11) is 1.18. The Morgan fingerprint density at radius 1 is 1.25 bits per heavy atom. The average molecular weight is 362 g/mol. The van der Waals surface area contributed by atoms with E-state index in [2.05, 4.69) is 20.7 Å². The van der Waals surface area contributed by atoms with Crippen molar-refractivity contribution in [1.82, 2.24) is 0 Å². The summed E-state index contributed by atoms with van der Waals surface area (Å²) in [6, 6.07) is 6.48. The Balaban J connectivity index is 2.61. The van der Waals surface area contributed by atoms with Crippen LogP contribution in [0.1, 0.15) is 10.4 Å². The predicted octanol–water partition coefficient (Wildman–Crippen LogP) is 4.83. The van der Waals surface area contributed by atoms with Gasteiger partial charge in [-0.25, -0.2) is 13.6 Å². The zero-order valence-electron chi connectivity index (χ0n) is 10.2. The van der Waals surface area contributed by atoms with Gasteiger partial charge in [0, 0.05) is 10.0 Å². The number of benzene rings is 2. The number of hydrogen-bond donors (Lipinski definition) is 0. The average Bonchev–Trinajstić information content (AvgIpc) is 2.43. The molecule has 0 unspecified atom stereocenters. The van der Waals surface area contributed by atoms with Crippen LogP contribution in [-0.2, 0) is 4.74 Å². The van der Waals surface area contributed by atoms with E-state index in [1.165, 1.54) is 19.2 Å². The largest absolute Gasteiger partial charge is 0.465 e. The first kappa shape index (κ1) is 14.9. The molecule has 0 aliphatic carbocycles. The van der Waals surface area contributed by atoms with Crippen LogP contribution in [0.2, 0.25) is 5.02 Å².